The molecule has 1 aromatic rings. The van der Waals surface area contributed by atoms with Crippen molar-refractivity contribution in [1.82, 2.24) is 16.2 Å². The van der Waals surface area contributed by atoms with E-state index in [0.717, 1.165) is 17.9 Å². The first-order valence-electron chi connectivity index (χ1n) is 8.11. The lowest BCUT2D eigenvalue weighted by molar-refractivity contribution is -0.123. The van der Waals surface area contributed by atoms with Gasteiger partial charge >= 0.3 is 0 Å². The van der Waals surface area contributed by atoms with Crippen molar-refractivity contribution in [3.63, 3.8) is 0 Å². The lowest BCUT2D eigenvalue weighted by atomic mass is 9.84. The van der Waals surface area contributed by atoms with Crippen molar-refractivity contribution in [2.75, 3.05) is 6.54 Å². The van der Waals surface area contributed by atoms with Gasteiger partial charge in [0.1, 0.15) is 6.04 Å². The van der Waals surface area contributed by atoms with E-state index in [1.807, 2.05) is 12.1 Å². The molecule has 1 aromatic carbocycles. The highest BCUT2D eigenvalue weighted by Gasteiger charge is 2.39. The number of hydrogen-bond acceptors (Lipinski definition) is 3. The Morgan fingerprint density at radius 1 is 1.26 bits per heavy atom. The summed E-state index contributed by atoms with van der Waals surface area (Å²) in [4.78, 5) is 12.4. The van der Waals surface area contributed by atoms with Crippen molar-refractivity contribution in [2.24, 2.45) is 5.92 Å². The third-order valence-corrected chi connectivity index (χ3v) is 5.58. The number of benzene rings is 1. The molecule has 3 rings (SSSR count). The van der Waals surface area contributed by atoms with Crippen LogP contribution in [0.5, 0.6) is 0 Å². The number of carbonyl (C=O) groups excluding carboxylic acids is 1. The third kappa shape index (κ3) is 4.00. The van der Waals surface area contributed by atoms with Crippen molar-refractivity contribution in [3.05, 3.63) is 33.8 Å². The maximum absolute atomic E-state index is 12.4. The molecule has 126 valence electrons. The second-order valence-corrected chi connectivity index (χ2v) is 8.07. The molecule has 0 radical (unpaired) electrons. The topological polar surface area (TPSA) is 53.2 Å². The Morgan fingerprint density at radius 2 is 2.00 bits per heavy atom. The summed E-state index contributed by atoms with van der Waals surface area (Å²) in [7, 11) is 0. The second kappa shape index (κ2) is 6.60. The molecule has 1 aliphatic heterocycles. The summed E-state index contributed by atoms with van der Waals surface area (Å²) in [6.07, 6.45) is 3.42. The number of amides is 1. The minimum Gasteiger partial charge on any atom is -0.354 e. The van der Waals surface area contributed by atoms with Crippen molar-refractivity contribution in [1.29, 1.82) is 0 Å². The molecule has 1 amide bonds. The van der Waals surface area contributed by atoms with Gasteiger partial charge in [-0.1, -0.05) is 43.1 Å². The van der Waals surface area contributed by atoms with E-state index in [1.165, 1.54) is 12.8 Å². The summed E-state index contributed by atoms with van der Waals surface area (Å²) in [6, 6.07) is 5.91. The third-order valence-electron chi connectivity index (χ3n) is 4.85. The number of hydrazine groups is 1. The Morgan fingerprint density at radius 3 is 2.65 bits per heavy atom. The molecule has 0 aromatic heterocycles. The van der Waals surface area contributed by atoms with Crippen LogP contribution < -0.4 is 16.2 Å². The summed E-state index contributed by atoms with van der Waals surface area (Å²) in [5.41, 5.74) is 7.21. The first kappa shape index (κ1) is 17.0. The fourth-order valence-corrected chi connectivity index (χ4v) is 3.31. The van der Waals surface area contributed by atoms with E-state index in [0.29, 0.717) is 22.6 Å². The quantitative estimate of drug-likeness (QED) is 0.760. The van der Waals surface area contributed by atoms with Gasteiger partial charge in [0.05, 0.1) is 10.0 Å². The molecule has 2 aliphatic rings. The summed E-state index contributed by atoms with van der Waals surface area (Å²) < 4.78 is 0. The normalized spacial score (nSPS) is 24.7. The molecule has 3 N–H and O–H groups in total. The van der Waals surface area contributed by atoms with Crippen LogP contribution in [0.3, 0.4) is 0 Å². The van der Waals surface area contributed by atoms with E-state index in [9.17, 15) is 4.79 Å². The van der Waals surface area contributed by atoms with Crippen molar-refractivity contribution < 1.29 is 4.79 Å². The Balaban J connectivity index is 1.55. The summed E-state index contributed by atoms with van der Waals surface area (Å²) in [6.45, 7) is 4.72. The van der Waals surface area contributed by atoms with Crippen LogP contribution in [0.25, 0.3) is 0 Å². The summed E-state index contributed by atoms with van der Waals surface area (Å²) >= 11 is 12.1. The molecule has 4 nitrogen and oxygen atoms in total. The molecule has 2 fully saturated rings. The van der Waals surface area contributed by atoms with Gasteiger partial charge in [0.25, 0.3) is 0 Å². The largest absolute Gasteiger partial charge is 0.354 e. The molecular weight excluding hydrogens is 333 g/mol. The zero-order valence-electron chi connectivity index (χ0n) is 13.5. The number of hydrogen-bond donors (Lipinski definition) is 3. The minimum atomic E-state index is -0.216. The lowest BCUT2D eigenvalue weighted by Crippen LogP contribution is -2.46. The zero-order chi connectivity index (χ0) is 16.6. The minimum absolute atomic E-state index is 0.0498. The van der Waals surface area contributed by atoms with Crippen molar-refractivity contribution >= 4 is 29.1 Å². The smallest absolute Gasteiger partial charge is 0.238 e. The maximum Gasteiger partial charge on any atom is 0.238 e. The fourth-order valence-electron chi connectivity index (χ4n) is 3.01. The van der Waals surface area contributed by atoms with Gasteiger partial charge in [-0.15, -0.1) is 0 Å². The highest BCUT2D eigenvalue weighted by Crippen LogP contribution is 2.35. The predicted octanol–water partition coefficient (Wildman–Crippen LogP) is 3.03. The molecule has 2 atom stereocenters. The van der Waals surface area contributed by atoms with E-state index in [4.69, 9.17) is 23.2 Å². The first-order valence-corrected chi connectivity index (χ1v) is 8.87. The highest BCUT2D eigenvalue weighted by atomic mass is 35.5. The average Bonchev–Trinajstić information content (AvgIpc) is 3.25. The Hall–Kier alpha value is -0.810. The van der Waals surface area contributed by atoms with Gasteiger partial charge in [-0.2, -0.15) is 0 Å². The van der Waals surface area contributed by atoms with Gasteiger partial charge in [0.15, 0.2) is 0 Å². The zero-order valence-corrected chi connectivity index (χ0v) is 15.0. The maximum atomic E-state index is 12.4. The SMILES string of the molecule is CC(C)(CNC(=O)C1CC(C2CC2)NN1)c1ccc(Cl)c(Cl)c1. The Kier molecular flexibility index (Phi) is 4.88. The average molecular weight is 356 g/mol. The van der Waals surface area contributed by atoms with E-state index >= 15 is 0 Å². The summed E-state index contributed by atoms with van der Waals surface area (Å²) in [5.74, 6) is 0.793. The van der Waals surface area contributed by atoms with E-state index in [1.54, 1.807) is 6.07 Å². The van der Waals surface area contributed by atoms with Crippen LogP contribution in [0.2, 0.25) is 10.0 Å². The lowest BCUT2D eigenvalue weighted by Gasteiger charge is -2.26. The van der Waals surface area contributed by atoms with Crippen LogP contribution in [0.4, 0.5) is 0 Å². The number of rotatable bonds is 5. The van der Waals surface area contributed by atoms with Gasteiger partial charge in [-0.3, -0.25) is 10.2 Å². The van der Waals surface area contributed by atoms with Crippen LogP contribution in [-0.4, -0.2) is 24.5 Å². The van der Waals surface area contributed by atoms with Gasteiger partial charge in [0, 0.05) is 18.0 Å². The standard InChI is InChI=1S/C17H23Cl2N3O/c1-17(2,11-5-6-12(18)13(19)7-11)9-20-16(23)15-8-14(21-22-15)10-3-4-10/h5-7,10,14-15,21-22H,3-4,8-9H2,1-2H3,(H,20,23). The molecular formula is C17H23Cl2N3O. The van der Waals surface area contributed by atoms with Gasteiger partial charge in [-0.25, -0.2) is 5.43 Å². The van der Waals surface area contributed by atoms with Gasteiger partial charge in [0.2, 0.25) is 5.91 Å². The highest BCUT2D eigenvalue weighted by molar-refractivity contribution is 6.42. The fraction of sp³-hybridized carbons (Fsp3) is 0.588. The summed E-state index contributed by atoms with van der Waals surface area (Å²) in [5, 5.41) is 4.14. The van der Waals surface area contributed by atoms with Crippen LogP contribution in [0, 0.1) is 5.92 Å². The monoisotopic (exact) mass is 355 g/mol. The molecule has 1 aliphatic carbocycles. The Labute approximate surface area is 147 Å². The van der Waals surface area contributed by atoms with Crippen molar-refractivity contribution in [3.8, 4) is 0 Å². The second-order valence-electron chi connectivity index (χ2n) is 7.25. The van der Waals surface area contributed by atoms with Crippen molar-refractivity contribution in [2.45, 2.75) is 50.6 Å². The molecule has 0 spiro atoms. The molecule has 1 saturated heterocycles. The van der Waals surface area contributed by atoms with Crippen LogP contribution in [0.1, 0.15) is 38.7 Å². The van der Waals surface area contributed by atoms with Crippen LogP contribution in [-0.2, 0) is 10.2 Å². The molecule has 1 saturated carbocycles. The van der Waals surface area contributed by atoms with Gasteiger partial charge in [-0.05, 0) is 42.9 Å². The molecule has 1 heterocycles. The Bertz CT molecular complexity index is 602. The molecule has 2 unspecified atom stereocenters. The van der Waals surface area contributed by atoms with E-state index in [2.05, 4.69) is 30.0 Å². The number of nitrogens with one attached hydrogen (secondary N) is 3. The molecule has 0 bridgehead atoms. The van der Waals surface area contributed by atoms with Gasteiger partial charge < -0.3 is 5.32 Å². The van der Waals surface area contributed by atoms with Crippen LogP contribution >= 0.6 is 23.2 Å². The van der Waals surface area contributed by atoms with E-state index in [-0.39, 0.29) is 17.4 Å². The van der Waals surface area contributed by atoms with Crippen LogP contribution in [0.15, 0.2) is 18.2 Å². The first-order chi connectivity index (χ1) is 10.9. The molecule has 23 heavy (non-hydrogen) atoms. The molecule has 6 heteroatoms. The number of halogens is 2. The van der Waals surface area contributed by atoms with E-state index < -0.39 is 0 Å². The number of carbonyl (C=O) groups is 1. The predicted molar refractivity (Wildman–Crippen MR) is 93.7 cm³/mol.